The second kappa shape index (κ2) is 9.35. The van der Waals surface area contributed by atoms with Crippen LogP contribution in [0, 0.1) is 19.8 Å². The molecule has 0 radical (unpaired) electrons. The van der Waals surface area contributed by atoms with Crippen LogP contribution in [0.15, 0.2) is 30.3 Å². The third kappa shape index (κ3) is 6.16. The van der Waals surface area contributed by atoms with E-state index in [-0.39, 0.29) is 19.2 Å². The number of nitrogens with one attached hydrogen (secondary N) is 2. The number of hydrogen-bond donors (Lipinski definition) is 3. The van der Waals surface area contributed by atoms with E-state index in [1.807, 2.05) is 56.6 Å². The van der Waals surface area contributed by atoms with Crippen molar-refractivity contribution in [2.45, 2.75) is 33.8 Å². The molecule has 2 amide bonds. The molecule has 0 fully saturated rings. The van der Waals surface area contributed by atoms with E-state index >= 15 is 0 Å². The summed E-state index contributed by atoms with van der Waals surface area (Å²) in [7, 11) is 0. The Morgan fingerprint density at radius 3 is 2.69 bits per heavy atom. The Kier molecular flexibility index (Phi) is 7.17. The molecule has 0 aliphatic carbocycles. The molecule has 0 spiro atoms. The topological polar surface area (TPSA) is 88.4 Å². The van der Waals surface area contributed by atoms with Crippen molar-refractivity contribution < 1.29 is 14.6 Å². The maximum atomic E-state index is 12.0. The highest BCUT2D eigenvalue weighted by Crippen LogP contribution is 2.16. The average molecular weight is 360 g/mol. The first-order valence-electron chi connectivity index (χ1n) is 8.79. The van der Waals surface area contributed by atoms with Gasteiger partial charge >= 0.3 is 6.03 Å². The van der Waals surface area contributed by atoms with Crippen molar-refractivity contribution in [2.75, 3.05) is 25.1 Å². The molecule has 7 heteroatoms. The molecule has 26 heavy (non-hydrogen) atoms. The van der Waals surface area contributed by atoms with Gasteiger partial charge in [0.15, 0.2) is 0 Å². The quantitative estimate of drug-likeness (QED) is 0.675. The molecule has 0 saturated carbocycles. The molecule has 0 bridgehead atoms. The van der Waals surface area contributed by atoms with E-state index in [0.717, 1.165) is 17.1 Å². The Morgan fingerprint density at radius 2 is 2.04 bits per heavy atom. The largest absolute Gasteiger partial charge is 0.389 e. The minimum absolute atomic E-state index is 0.126. The molecule has 0 aliphatic rings. The molecule has 0 aliphatic heterocycles. The van der Waals surface area contributed by atoms with Crippen LogP contribution in [0.1, 0.15) is 25.2 Å². The molecule has 7 nitrogen and oxygen atoms in total. The number of urea groups is 1. The lowest BCUT2D eigenvalue weighted by atomic mass is 10.2. The van der Waals surface area contributed by atoms with E-state index < -0.39 is 6.10 Å². The van der Waals surface area contributed by atoms with Crippen LogP contribution < -0.4 is 10.6 Å². The summed E-state index contributed by atoms with van der Waals surface area (Å²) in [5.41, 5.74) is 3.48. The number of amides is 2. The van der Waals surface area contributed by atoms with Gasteiger partial charge in [0, 0.05) is 24.5 Å². The maximum Gasteiger partial charge on any atom is 0.319 e. The number of aliphatic hydroxyl groups is 1. The zero-order valence-electron chi connectivity index (χ0n) is 15.8. The maximum absolute atomic E-state index is 12.0. The minimum atomic E-state index is -0.736. The first kappa shape index (κ1) is 19.9. The number of carbonyl (C=O) groups excluding carboxylic acids is 1. The number of aliphatic hydroxyl groups excluding tert-OH is 1. The molecule has 2 aromatic rings. The van der Waals surface area contributed by atoms with E-state index in [4.69, 9.17) is 4.74 Å². The highest BCUT2D eigenvalue weighted by atomic mass is 16.5. The summed E-state index contributed by atoms with van der Waals surface area (Å²) in [5.74, 6) is 0.410. The molecule has 3 N–H and O–H groups in total. The molecule has 142 valence electrons. The molecule has 1 atom stereocenters. The van der Waals surface area contributed by atoms with Crippen molar-refractivity contribution in [2.24, 2.45) is 5.92 Å². The Balaban J connectivity index is 1.85. The Bertz CT molecular complexity index is 727. The van der Waals surface area contributed by atoms with Crippen LogP contribution in [0.5, 0.6) is 0 Å². The number of aromatic nitrogens is 2. The van der Waals surface area contributed by atoms with Gasteiger partial charge in [-0.25, -0.2) is 9.48 Å². The fourth-order valence-electron chi connectivity index (χ4n) is 2.49. The van der Waals surface area contributed by atoms with E-state index in [0.29, 0.717) is 18.2 Å². The summed E-state index contributed by atoms with van der Waals surface area (Å²) in [6.07, 6.45) is -0.736. The normalized spacial score (nSPS) is 12.2. The summed E-state index contributed by atoms with van der Waals surface area (Å²) in [5, 5.41) is 19.7. The van der Waals surface area contributed by atoms with Crippen LogP contribution >= 0.6 is 0 Å². The van der Waals surface area contributed by atoms with Crippen molar-refractivity contribution in [3.8, 4) is 5.69 Å². The van der Waals surface area contributed by atoms with E-state index in [9.17, 15) is 9.90 Å². The predicted molar refractivity (Wildman–Crippen MR) is 102 cm³/mol. The number of aryl methyl sites for hydroxylation is 2. The number of ether oxygens (including phenoxy) is 1. The standard InChI is InChI=1S/C19H28N4O3/c1-13(2)11-26-12-18(24)10-20-19(25)21-16-6-5-7-17(9-16)23-15(4)8-14(3)22-23/h5-9,13,18,24H,10-12H2,1-4H3,(H2,20,21,25). The van der Waals surface area contributed by atoms with Crippen molar-refractivity contribution in [1.82, 2.24) is 15.1 Å². The third-order valence-corrected chi connectivity index (χ3v) is 3.62. The fraction of sp³-hybridized carbons (Fsp3) is 0.474. The van der Waals surface area contributed by atoms with Crippen LogP contribution in [-0.4, -0.2) is 46.8 Å². The number of carbonyl (C=O) groups is 1. The van der Waals surface area contributed by atoms with Crippen LogP contribution in [0.3, 0.4) is 0 Å². The van der Waals surface area contributed by atoms with Gasteiger partial charge in [0.05, 0.1) is 24.1 Å². The number of anilines is 1. The second-order valence-corrected chi connectivity index (χ2v) is 6.81. The summed E-state index contributed by atoms with van der Waals surface area (Å²) in [4.78, 5) is 12.0. The monoisotopic (exact) mass is 360 g/mol. The van der Waals surface area contributed by atoms with Crippen molar-refractivity contribution >= 4 is 11.7 Å². The molecular weight excluding hydrogens is 332 g/mol. The van der Waals surface area contributed by atoms with E-state index in [1.165, 1.54) is 0 Å². The van der Waals surface area contributed by atoms with Gasteiger partial charge in [-0.3, -0.25) is 0 Å². The average Bonchev–Trinajstić information content (AvgIpc) is 2.91. The molecule has 1 aromatic carbocycles. The molecular formula is C19H28N4O3. The van der Waals surface area contributed by atoms with Gasteiger partial charge < -0.3 is 20.5 Å². The molecule has 2 rings (SSSR count). The summed E-state index contributed by atoms with van der Waals surface area (Å²) in [6, 6.07) is 9.06. The van der Waals surface area contributed by atoms with Crippen molar-refractivity contribution in [3.05, 3.63) is 41.7 Å². The number of rotatable bonds is 8. The minimum Gasteiger partial charge on any atom is -0.389 e. The molecule has 1 unspecified atom stereocenters. The first-order valence-corrected chi connectivity index (χ1v) is 8.79. The van der Waals surface area contributed by atoms with Gasteiger partial charge in [-0.1, -0.05) is 19.9 Å². The number of hydrogen-bond acceptors (Lipinski definition) is 4. The summed E-state index contributed by atoms with van der Waals surface area (Å²) in [6.45, 7) is 8.91. The smallest absolute Gasteiger partial charge is 0.319 e. The van der Waals surface area contributed by atoms with Gasteiger partial charge in [-0.2, -0.15) is 5.10 Å². The van der Waals surface area contributed by atoms with Crippen molar-refractivity contribution in [1.29, 1.82) is 0 Å². The SMILES string of the molecule is Cc1cc(C)n(-c2cccc(NC(=O)NCC(O)COCC(C)C)c2)n1. The Hall–Kier alpha value is -2.38. The Morgan fingerprint density at radius 1 is 1.27 bits per heavy atom. The summed E-state index contributed by atoms with van der Waals surface area (Å²) < 4.78 is 7.18. The fourth-order valence-corrected chi connectivity index (χ4v) is 2.49. The highest BCUT2D eigenvalue weighted by Gasteiger charge is 2.09. The van der Waals surface area contributed by atoms with Crippen LogP contribution in [0.25, 0.3) is 5.69 Å². The van der Waals surface area contributed by atoms with E-state index in [2.05, 4.69) is 15.7 Å². The summed E-state index contributed by atoms with van der Waals surface area (Å²) >= 11 is 0. The van der Waals surface area contributed by atoms with Crippen molar-refractivity contribution in [3.63, 3.8) is 0 Å². The van der Waals surface area contributed by atoms with Gasteiger partial charge in [-0.15, -0.1) is 0 Å². The predicted octanol–water partition coefficient (Wildman–Crippen LogP) is 2.64. The number of benzene rings is 1. The van der Waals surface area contributed by atoms with E-state index in [1.54, 1.807) is 6.07 Å². The van der Waals surface area contributed by atoms with Gasteiger partial charge in [0.25, 0.3) is 0 Å². The van der Waals surface area contributed by atoms with Gasteiger partial charge in [0.1, 0.15) is 0 Å². The first-order chi connectivity index (χ1) is 12.3. The zero-order chi connectivity index (χ0) is 19.1. The van der Waals surface area contributed by atoms with Crippen LogP contribution in [0.2, 0.25) is 0 Å². The lowest BCUT2D eigenvalue weighted by Gasteiger charge is -2.14. The second-order valence-electron chi connectivity index (χ2n) is 6.81. The third-order valence-electron chi connectivity index (χ3n) is 3.62. The molecule has 1 aromatic heterocycles. The Labute approximate surface area is 154 Å². The number of nitrogens with zero attached hydrogens (tertiary/aromatic N) is 2. The van der Waals surface area contributed by atoms with Crippen LogP contribution in [-0.2, 0) is 4.74 Å². The van der Waals surface area contributed by atoms with Crippen LogP contribution in [0.4, 0.5) is 10.5 Å². The highest BCUT2D eigenvalue weighted by molar-refractivity contribution is 5.89. The lowest BCUT2D eigenvalue weighted by Crippen LogP contribution is -2.37. The molecule has 0 saturated heterocycles. The van der Waals surface area contributed by atoms with Gasteiger partial charge in [-0.05, 0) is 44.0 Å². The lowest BCUT2D eigenvalue weighted by molar-refractivity contribution is 0.0274. The van der Waals surface area contributed by atoms with Gasteiger partial charge in [0.2, 0.25) is 0 Å². The molecule has 1 heterocycles. The zero-order valence-corrected chi connectivity index (χ0v) is 15.8.